The van der Waals surface area contributed by atoms with Crippen LogP contribution in [-0.4, -0.2) is 48.5 Å². The third kappa shape index (κ3) is 4.25. The number of hydrogen-bond acceptors (Lipinski definition) is 3. The predicted molar refractivity (Wildman–Crippen MR) is 104 cm³/mol. The van der Waals surface area contributed by atoms with Gasteiger partial charge in [-0.05, 0) is 50.1 Å². The molecule has 1 atom stereocenters. The van der Waals surface area contributed by atoms with E-state index in [2.05, 4.69) is 23.1 Å². The highest BCUT2D eigenvalue weighted by Crippen LogP contribution is 2.20. The van der Waals surface area contributed by atoms with Gasteiger partial charge in [0.25, 0.3) is 0 Å². The molecule has 1 amide bonds. The first kappa shape index (κ1) is 18.5. The minimum Gasteiger partial charge on any atom is -0.492 e. The van der Waals surface area contributed by atoms with Gasteiger partial charge in [-0.15, -0.1) is 0 Å². The number of carbonyl (C=O) groups excluding carboxylic acids is 1. The molecule has 3 rings (SSSR count). The van der Waals surface area contributed by atoms with E-state index in [0.29, 0.717) is 19.7 Å². The summed E-state index contributed by atoms with van der Waals surface area (Å²) < 4.78 is 5.86. The molecule has 1 heterocycles. The molecule has 0 saturated heterocycles. The van der Waals surface area contributed by atoms with Gasteiger partial charge >= 0.3 is 0 Å². The molecule has 0 saturated carbocycles. The third-order valence-electron chi connectivity index (χ3n) is 5.26. The third-order valence-corrected chi connectivity index (χ3v) is 5.26. The van der Waals surface area contributed by atoms with Gasteiger partial charge in [-0.1, -0.05) is 42.5 Å². The van der Waals surface area contributed by atoms with Gasteiger partial charge in [-0.25, -0.2) is 0 Å². The largest absolute Gasteiger partial charge is 0.492 e. The lowest BCUT2D eigenvalue weighted by Gasteiger charge is -2.33. The number of para-hydroxylation sites is 1. The lowest BCUT2D eigenvalue weighted by Crippen LogP contribution is -2.48. The minimum atomic E-state index is -0.152. The van der Waals surface area contributed by atoms with E-state index in [-0.39, 0.29) is 11.9 Å². The lowest BCUT2D eigenvalue weighted by atomic mass is 9.99. The van der Waals surface area contributed by atoms with Crippen molar-refractivity contribution in [2.75, 3.05) is 26.7 Å². The summed E-state index contributed by atoms with van der Waals surface area (Å²) in [6, 6.07) is 16.3. The normalized spacial score (nSPS) is 14.8. The van der Waals surface area contributed by atoms with Crippen molar-refractivity contribution in [1.29, 1.82) is 0 Å². The maximum absolute atomic E-state index is 12.9. The van der Waals surface area contributed by atoms with Crippen LogP contribution in [0.25, 0.3) is 0 Å². The van der Waals surface area contributed by atoms with Gasteiger partial charge in [-0.3, -0.25) is 9.69 Å². The van der Waals surface area contributed by atoms with E-state index >= 15 is 0 Å². The van der Waals surface area contributed by atoms with Crippen LogP contribution in [0.2, 0.25) is 0 Å². The standard InChI is InChI=1S/C22H28N2O2/c1-17-8-4-7-11-21(17)26-15-14-23(3)18(2)22(25)24-13-12-19-9-5-6-10-20(19)16-24/h4-11,18H,12-16H2,1-3H3. The maximum atomic E-state index is 12.9. The number of fused-ring (bicyclic) bond motifs is 1. The van der Waals surface area contributed by atoms with Crippen LogP contribution in [0.3, 0.4) is 0 Å². The smallest absolute Gasteiger partial charge is 0.239 e. The monoisotopic (exact) mass is 352 g/mol. The van der Waals surface area contributed by atoms with Gasteiger partial charge in [0.1, 0.15) is 12.4 Å². The Morgan fingerprint density at radius 1 is 1.15 bits per heavy atom. The SMILES string of the molecule is Cc1ccccc1OCCN(C)C(C)C(=O)N1CCc2ccccc2C1. The number of amides is 1. The van der Waals surface area contributed by atoms with Crippen LogP contribution in [0.5, 0.6) is 5.75 Å². The summed E-state index contributed by atoms with van der Waals surface area (Å²) in [6.45, 7) is 6.82. The van der Waals surface area contributed by atoms with Gasteiger partial charge < -0.3 is 9.64 Å². The zero-order chi connectivity index (χ0) is 18.5. The zero-order valence-corrected chi connectivity index (χ0v) is 15.9. The summed E-state index contributed by atoms with van der Waals surface area (Å²) in [5, 5.41) is 0. The van der Waals surface area contributed by atoms with Crippen LogP contribution < -0.4 is 4.74 Å². The van der Waals surface area contributed by atoms with Crippen LogP contribution in [-0.2, 0) is 17.8 Å². The number of carbonyl (C=O) groups is 1. The number of hydrogen-bond donors (Lipinski definition) is 0. The fraction of sp³-hybridized carbons (Fsp3) is 0.409. The molecule has 4 heteroatoms. The Morgan fingerprint density at radius 2 is 1.85 bits per heavy atom. The first-order chi connectivity index (χ1) is 12.6. The van der Waals surface area contributed by atoms with E-state index in [1.165, 1.54) is 11.1 Å². The molecule has 0 N–H and O–H groups in total. The average molecular weight is 352 g/mol. The van der Waals surface area contributed by atoms with Crippen LogP contribution in [0.4, 0.5) is 0 Å². The second-order valence-electron chi connectivity index (χ2n) is 7.05. The van der Waals surface area contributed by atoms with Crippen molar-refractivity contribution in [2.45, 2.75) is 32.9 Å². The van der Waals surface area contributed by atoms with Crippen molar-refractivity contribution < 1.29 is 9.53 Å². The lowest BCUT2D eigenvalue weighted by molar-refractivity contribution is -0.137. The van der Waals surface area contributed by atoms with Crippen molar-refractivity contribution in [3.63, 3.8) is 0 Å². The van der Waals surface area contributed by atoms with Crippen molar-refractivity contribution >= 4 is 5.91 Å². The van der Waals surface area contributed by atoms with E-state index in [9.17, 15) is 4.79 Å². The second-order valence-corrected chi connectivity index (χ2v) is 7.05. The van der Waals surface area contributed by atoms with E-state index in [1.807, 2.05) is 56.1 Å². The number of nitrogens with zero attached hydrogens (tertiary/aromatic N) is 2. The Kier molecular flexibility index (Phi) is 5.94. The molecule has 2 aromatic rings. The first-order valence-electron chi connectivity index (χ1n) is 9.30. The Hall–Kier alpha value is -2.33. The van der Waals surface area contributed by atoms with Crippen molar-refractivity contribution in [2.24, 2.45) is 0 Å². The van der Waals surface area contributed by atoms with E-state index in [4.69, 9.17) is 4.74 Å². The highest BCUT2D eigenvalue weighted by Gasteiger charge is 2.26. The summed E-state index contributed by atoms with van der Waals surface area (Å²) in [5.41, 5.74) is 3.76. The minimum absolute atomic E-state index is 0.152. The Balaban J connectivity index is 1.51. The molecule has 0 radical (unpaired) electrons. The molecule has 1 aliphatic heterocycles. The molecular weight excluding hydrogens is 324 g/mol. The van der Waals surface area contributed by atoms with Gasteiger partial charge in [0.15, 0.2) is 0 Å². The molecule has 138 valence electrons. The fourth-order valence-corrected chi connectivity index (χ4v) is 3.35. The highest BCUT2D eigenvalue weighted by molar-refractivity contribution is 5.81. The van der Waals surface area contributed by atoms with Crippen LogP contribution in [0, 0.1) is 6.92 Å². The van der Waals surface area contributed by atoms with Crippen LogP contribution in [0.1, 0.15) is 23.6 Å². The fourth-order valence-electron chi connectivity index (χ4n) is 3.35. The molecular formula is C22H28N2O2. The number of benzene rings is 2. The topological polar surface area (TPSA) is 32.8 Å². The maximum Gasteiger partial charge on any atom is 0.239 e. The summed E-state index contributed by atoms with van der Waals surface area (Å²) in [5.74, 6) is 1.10. The van der Waals surface area contributed by atoms with Gasteiger partial charge in [0.2, 0.25) is 5.91 Å². The van der Waals surface area contributed by atoms with Crippen molar-refractivity contribution in [3.8, 4) is 5.75 Å². The van der Waals surface area contributed by atoms with Crippen molar-refractivity contribution in [1.82, 2.24) is 9.80 Å². The molecule has 0 fully saturated rings. The number of likely N-dealkylation sites (N-methyl/N-ethyl adjacent to an activating group) is 1. The molecule has 1 unspecified atom stereocenters. The van der Waals surface area contributed by atoms with Gasteiger partial charge in [0, 0.05) is 19.6 Å². The number of rotatable bonds is 6. The molecule has 0 bridgehead atoms. The highest BCUT2D eigenvalue weighted by atomic mass is 16.5. The number of aryl methyl sites for hydroxylation is 1. The zero-order valence-electron chi connectivity index (χ0n) is 15.9. The van der Waals surface area contributed by atoms with Crippen molar-refractivity contribution in [3.05, 3.63) is 65.2 Å². The molecule has 2 aromatic carbocycles. The Bertz CT molecular complexity index is 759. The molecule has 26 heavy (non-hydrogen) atoms. The molecule has 1 aliphatic rings. The Morgan fingerprint density at radius 3 is 2.62 bits per heavy atom. The first-order valence-corrected chi connectivity index (χ1v) is 9.30. The Labute approximate surface area is 156 Å². The quantitative estimate of drug-likeness (QED) is 0.800. The van der Waals surface area contributed by atoms with E-state index in [1.54, 1.807) is 0 Å². The number of ether oxygens (including phenoxy) is 1. The van der Waals surface area contributed by atoms with Gasteiger partial charge in [-0.2, -0.15) is 0 Å². The molecule has 0 aromatic heterocycles. The van der Waals surface area contributed by atoms with E-state index < -0.39 is 0 Å². The summed E-state index contributed by atoms with van der Waals surface area (Å²) in [6.07, 6.45) is 0.939. The molecule has 0 spiro atoms. The molecule has 0 aliphatic carbocycles. The van der Waals surface area contributed by atoms with Gasteiger partial charge in [0.05, 0.1) is 6.04 Å². The second kappa shape index (κ2) is 8.37. The summed E-state index contributed by atoms with van der Waals surface area (Å²) in [4.78, 5) is 16.9. The summed E-state index contributed by atoms with van der Waals surface area (Å²) in [7, 11) is 1.99. The molecule has 4 nitrogen and oxygen atoms in total. The predicted octanol–water partition coefficient (Wildman–Crippen LogP) is 3.28. The van der Waals surface area contributed by atoms with E-state index in [0.717, 1.165) is 24.3 Å². The van der Waals surface area contributed by atoms with Crippen LogP contribution >= 0.6 is 0 Å². The van der Waals surface area contributed by atoms with Crippen LogP contribution in [0.15, 0.2) is 48.5 Å². The average Bonchev–Trinajstić information content (AvgIpc) is 2.67. The summed E-state index contributed by atoms with van der Waals surface area (Å²) >= 11 is 0.